The van der Waals surface area contributed by atoms with Gasteiger partial charge in [0.25, 0.3) is 0 Å². The van der Waals surface area contributed by atoms with E-state index in [2.05, 4.69) is 156 Å². The van der Waals surface area contributed by atoms with Crippen molar-refractivity contribution >= 4 is 41.3 Å². The highest BCUT2D eigenvalue weighted by molar-refractivity contribution is 7.10. The maximum absolute atomic E-state index is 2.81. The normalized spacial score (nSPS) is 28.3. The highest BCUT2D eigenvalue weighted by atomic mass is 32.1. The third kappa shape index (κ3) is 6.39. The number of aryl methyl sites for hydroxylation is 2. The molecule has 12 rings (SSSR count). The second-order valence-corrected chi connectivity index (χ2v) is 19.9. The number of rotatable bonds is 6. The van der Waals surface area contributed by atoms with Crippen molar-refractivity contribution in [3.8, 4) is 0 Å². The first kappa shape index (κ1) is 36.9. The molecule has 0 bridgehead atoms. The summed E-state index contributed by atoms with van der Waals surface area (Å²) in [5.74, 6) is 2.74. The first-order valence-electron chi connectivity index (χ1n) is 23.5. The van der Waals surface area contributed by atoms with Crippen molar-refractivity contribution in [2.24, 2.45) is 23.7 Å². The van der Waals surface area contributed by atoms with Gasteiger partial charge in [-0.2, -0.15) is 0 Å². The summed E-state index contributed by atoms with van der Waals surface area (Å²) in [5, 5.41) is 4.42. The molecule has 6 unspecified atom stereocenters. The molecule has 0 N–H and O–H groups in total. The van der Waals surface area contributed by atoms with Gasteiger partial charge in [0, 0.05) is 34.0 Å². The van der Waals surface area contributed by atoms with Crippen LogP contribution in [-0.4, -0.2) is 10.9 Å². The van der Waals surface area contributed by atoms with E-state index in [-0.39, 0.29) is 0 Å². The van der Waals surface area contributed by atoms with E-state index in [1.807, 2.05) is 0 Å². The Morgan fingerprint density at radius 2 is 1.50 bits per heavy atom. The Kier molecular flexibility index (Phi) is 9.54. The van der Waals surface area contributed by atoms with Gasteiger partial charge in [-0.15, -0.1) is 11.3 Å². The molecule has 0 fully saturated rings. The van der Waals surface area contributed by atoms with Gasteiger partial charge in [0.05, 0.1) is 10.6 Å². The SMILES string of the molecule is C1=Cc2c(ccc3c2=CC(C2=CCC(N(C4=CCC(C5=C6C=CCCC6C6CCC=CC6=C5)C=C4)C4=c5sc6c(c5=CCC4)C(c4ccccc4)CCC6)C=C2)CC=3)CC1. The summed E-state index contributed by atoms with van der Waals surface area (Å²) < 4.78 is 1.55. The summed E-state index contributed by atoms with van der Waals surface area (Å²) in [5.41, 5.74) is 15.3. The van der Waals surface area contributed by atoms with Crippen LogP contribution in [0.4, 0.5) is 0 Å². The number of allylic oxidation sites excluding steroid dienone is 14. The van der Waals surface area contributed by atoms with Crippen LogP contribution >= 0.6 is 11.3 Å². The van der Waals surface area contributed by atoms with Crippen molar-refractivity contribution in [2.75, 3.05) is 0 Å². The zero-order valence-corrected chi connectivity index (χ0v) is 35.8. The Hall–Kier alpha value is -4.92. The van der Waals surface area contributed by atoms with Crippen molar-refractivity contribution in [1.82, 2.24) is 4.90 Å². The Morgan fingerprint density at radius 1 is 0.617 bits per heavy atom. The molecule has 9 aliphatic rings. The van der Waals surface area contributed by atoms with E-state index >= 15 is 0 Å². The molecule has 6 atom stereocenters. The van der Waals surface area contributed by atoms with Crippen LogP contribution in [0.1, 0.15) is 110 Å². The number of hydrogen-bond donors (Lipinski definition) is 0. The zero-order chi connectivity index (χ0) is 39.6. The third-order valence-electron chi connectivity index (χ3n) is 15.5. The highest BCUT2D eigenvalue weighted by Crippen LogP contribution is 2.48. The standard InChI is InChI=1S/C58H57NS/c1-2-12-39(13-3-1)49-20-11-23-56-57(49)52-21-10-22-55(58(52)60-56)59(45-32-28-38(29-33-45)43-27-26-41-25-24-40-14-4-6-16-47(40)53(41)36-43)46-34-30-42(31-35-46)54-37-44-15-5-7-17-48(44)50-18-8-9-19-51(50)54/h1-3,5-6,9,12-13,15-16,19,21,24-26,28-30,32,34-37,42-43,45,48-50H,4,7-8,10-11,14,17-18,20,22-23,27,31,33H2. The van der Waals surface area contributed by atoms with Gasteiger partial charge in [0.1, 0.15) is 0 Å². The zero-order valence-electron chi connectivity index (χ0n) is 35.0. The predicted octanol–water partition coefficient (Wildman–Crippen LogP) is 11.3. The molecule has 0 spiro atoms. The molecule has 0 saturated heterocycles. The van der Waals surface area contributed by atoms with Gasteiger partial charge in [0.15, 0.2) is 0 Å². The van der Waals surface area contributed by atoms with Crippen molar-refractivity contribution in [3.05, 3.63) is 191 Å². The van der Waals surface area contributed by atoms with Gasteiger partial charge < -0.3 is 4.90 Å². The van der Waals surface area contributed by atoms with Gasteiger partial charge >= 0.3 is 0 Å². The van der Waals surface area contributed by atoms with Gasteiger partial charge in [-0.1, -0.05) is 134 Å². The fourth-order valence-electron chi connectivity index (χ4n) is 12.6. The maximum atomic E-state index is 2.81. The van der Waals surface area contributed by atoms with Gasteiger partial charge in [-0.05, 0) is 168 Å². The van der Waals surface area contributed by atoms with E-state index in [9.17, 15) is 0 Å². The Labute approximate surface area is 360 Å². The van der Waals surface area contributed by atoms with Crippen LogP contribution in [0.3, 0.4) is 0 Å². The number of nitrogens with zero attached hydrogens (tertiary/aromatic N) is 1. The molecule has 1 heterocycles. The molecule has 1 aromatic heterocycles. The predicted molar refractivity (Wildman–Crippen MR) is 254 cm³/mol. The number of thiophene rings is 1. The lowest BCUT2D eigenvalue weighted by atomic mass is 9.65. The maximum Gasteiger partial charge on any atom is 0.0557 e. The average Bonchev–Trinajstić information content (AvgIpc) is 3.72. The largest absolute Gasteiger partial charge is 0.337 e. The molecule has 0 radical (unpaired) electrons. The minimum absolute atomic E-state index is 0.291. The van der Waals surface area contributed by atoms with E-state index < -0.39 is 0 Å². The molecule has 60 heavy (non-hydrogen) atoms. The fourth-order valence-corrected chi connectivity index (χ4v) is 14.1. The number of hydrogen-bond acceptors (Lipinski definition) is 2. The van der Waals surface area contributed by atoms with Crippen LogP contribution in [0.25, 0.3) is 30.0 Å². The lowest BCUT2D eigenvalue weighted by Crippen LogP contribution is -2.40. The van der Waals surface area contributed by atoms with Gasteiger partial charge in [-0.3, -0.25) is 0 Å². The molecule has 2 aromatic carbocycles. The molecular weight excluding hydrogens is 743 g/mol. The van der Waals surface area contributed by atoms with Crippen molar-refractivity contribution in [3.63, 3.8) is 0 Å². The fraction of sp³-hybridized carbons (Fsp3) is 0.345. The molecule has 0 saturated carbocycles. The lowest BCUT2D eigenvalue weighted by molar-refractivity contribution is 0.375. The first-order valence-corrected chi connectivity index (χ1v) is 24.3. The number of benzene rings is 2. The summed E-state index contributed by atoms with van der Waals surface area (Å²) in [6, 6.07) is 16.4. The minimum atomic E-state index is 0.291. The van der Waals surface area contributed by atoms with Crippen molar-refractivity contribution in [2.45, 2.75) is 102 Å². The van der Waals surface area contributed by atoms with E-state index in [4.69, 9.17) is 0 Å². The van der Waals surface area contributed by atoms with E-state index in [0.717, 1.165) is 44.9 Å². The van der Waals surface area contributed by atoms with Crippen LogP contribution < -0.4 is 20.2 Å². The van der Waals surface area contributed by atoms with Crippen LogP contribution in [-0.2, 0) is 12.8 Å². The van der Waals surface area contributed by atoms with Crippen LogP contribution in [0.5, 0.6) is 0 Å². The minimum Gasteiger partial charge on any atom is -0.337 e. The van der Waals surface area contributed by atoms with Crippen molar-refractivity contribution in [1.29, 1.82) is 0 Å². The molecule has 9 aliphatic carbocycles. The molecule has 300 valence electrons. The topological polar surface area (TPSA) is 3.24 Å². The number of fused-ring (bicyclic) bond motifs is 9. The Bertz CT molecular complexity index is 2800. The van der Waals surface area contributed by atoms with E-state index in [1.165, 1.54) is 83.3 Å². The smallest absolute Gasteiger partial charge is 0.0557 e. The monoisotopic (exact) mass is 799 g/mol. The molecular formula is C58H57NS. The van der Waals surface area contributed by atoms with E-state index in [1.54, 1.807) is 42.6 Å². The molecule has 1 nitrogen and oxygen atoms in total. The van der Waals surface area contributed by atoms with Gasteiger partial charge in [-0.25, -0.2) is 0 Å². The summed E-state index contributed by atoms with van der Waals surface area (Å²) in [6.07, 6.45) is 56.8. The Balaban J connectivity index is 0.919. The van der Waals surface area contributed by atoms with Crippen LogP contribution in [0, 0.1) is 23.7 Å². The summed E-state index contributed by atoms with van der Waals surface area (Å²) in [6.45, 7) is 0. The third-order valence-corrected chi connectivity index (χ3v) is 16.8. The van der Waals surface area contributed by atoms with E-state index in [0.29, 0.717) is 35.6 Å². The van der Waals surface area contributed by atoms with Crippen LogP contribution in [0.2, 0.25) is 0 Å². The Morgan fingerprint density at radius 3 is 2.38 bits per heavy atom. The lowest BCUT2D eigenvalue weighted by Gasteiger charge is -2.40. The quantitative estimate of drug-likeness (QED) is 0.240. The molecule has 0 aliphatic heterocycles. The van der Waals surface area contributed by atoms with Crippen LogP contribution in [0.15, 0.2) is 143 Å². The molecule has 0 amide bonds. The summed E-state index contributed by atoms with van der Waals surface area (Å²) >= 11 is 2.13. The van der Waals surface area contributed by atoms with Crippen molar-refractivity contribution < 1.29 is 0 Å². The average molecular weight is 800 g/mol. The second kappa shape index (κ2) is 15.5. The second-order valence-electron chi connectivity index (χ2n) is 18.8. The highest BCUT2D eigenvalue weighted by Gasteiger charge is 2.36. The molecule has 3 aromatic rings. The molecule has 2 heteroatoms. The summed E-state index contributed by atoms with van der Waals surface area (Å²) in [7, 11) is 0. The summed E-state index contributed by atoms with van der Waals surface area (Å²) in [4.78, 5) is 4.45. The first-order chi connectivity index (χ1) is 29.7. The van der Waals surface area contributed by atoms with Gasteiger partial charge in [0.2, 0.25) is 0 Å².